The van der Waals surface area contributed by atoms with Crippen molar-refractivity contribution in [3.8, 4) is 5.75 Å². The Labute approximate surface area is 194 Å². The Kier molecular flexibility index (Phi) is 7.30. The summed E-state index contributed by atoms with van der Waals surface area (Å²) >= 11 is 0. The highest BCUT2D eigenvalue weighted by Crippen LogP contribution is 2.37. The molecule has 7 heteroatoms. The lowest BCUT2D eigenvalue weighted by molar-refractivity contribution is -0.131. The lowest BCUT2D eigenvalue weighted by atomic mass is 9.73. The van der Waals surface area contributed by atoms with E-state index in [2.05, 4.69) is 5.32 Å². The molecule has 1 amide bonds. The molecule has 2 aliphatic heterocycles. The van der Waals surface area contributed by atoms with Gasteiger partial charge in [-0.2, -0.15) is 0 Å². The zero-order valence-corrected chi connectivity index (χ0v) is 18.9. The zero-order chi connectivity index (χ0) is 23.3. The van der Waals surface area contributed by atoms with Gasteiger partial charge >= 0.3 is 5.97 Å². The molecule has 2 atom stereocenters. The molecule has 0 unspecified atom stereocenters. The number of hydrogen-bond donors (Lipinski definition) is 2. The number of rotatable bonds is 8. The first-order valence-corrected chi connectivity index (χ1v) is 11.5. The minimum absolute atomic E-state index is 0.0537. The fourth-order valence-corrected chi connectivity index (χ4v) is 4.51. The average Bonchev–Trinajstić information content (AvgIpc) is 3.37. The van der Waals surface area contributed by atoms with Gasteiger partial charge in [0.2, 0.25) is 5.91 Å². The number of carboxylic acid groups (broad SMARTS) is 1. The number of nitrogens with one attached hydrogen (secondary N) is 1. The Balaban J connectivity index is 1.51. The van der Waals surface area contributed by atoms with Gasteiger partial charge in [0.25, 0.3) is 0 Å². The molecule has 0 spiro atoms. The highest BCUT2D eigenvalue weighted by atomic mass is 16.5. The fraction of sp³-hybridized carbons (Fsp3) is 0.462. The molecule has 0 aliphatic carbocycles. The summed E-state index contributed by atoms with van der Waals surface area (Å²) in [6, 6.07) is 14.2. The lowest BCUT2D eigenvalue weighted by Crippen LogP contribution is -2.48. The number of ether oxygens (including phenoxy) is 3. The van der Waals surface area contributed by atoms with Crippen molar-refractivity contribution in [1.29, 1.82) is 0 Å². The molecule has 0 bridgehead atoms. The van der Waals surface area contributed by atoms with Gasteiger partial charge in [0.15, 0.2) is 0 Å². The van der Waals surface area contributed by atoms with E-state index in [9.17, 15) is 9.59 Å². The van der Waals surface area contributed by atoms with Crippen LogP contribution in [0.5, 0.6) is 5.75 Å². The summed E-state index contributed by atoms with van der Waals surface area (Å²) in [5, 5.41) is 12.3. The van der Waals surface area contributed by atoms with Crippen LogP contribution in [0.25, 0.3) is 0 Å². The van der Waals surface area contributed by atoms with Gasteiger partial charge in [-0.05, 0) is 61.6 Å². The number of carbonyl (C=O) groups is 2. The molecule has 2 fully saturated rings. The van der Waals surface area contributed by atoms with Crippen LogP contribution in [0.2, 0.25) is 0 Å². The molecule has 2 aromatic carbocycles. The SMILES string of the molecule is C[C@H](NC(=O)C1(c2cccc(OC[C@@H]3CCOC3)c2)CCOCC1)c1ccc(C(=O)O)cc1. The van der Waals surface area contributed by atoms with Crippen molar-refractivity contribution in [3.05, 3.63) is 65.2 Å². The van der Waals surface area contributed by atoms with E-state index in [1.54, 1.807) is 24.3 Å². The summed E-state index contributed by atoms with van der Waals surface area (Å²) in [7, 11) is 0. The van der Waals surface area contributed by atoms with E-state index in [1.807, 2.05) is 31.2 Å². The quantitative estimate of drug-likeness (QED) is 0.633. The molecular weight excluding hydrogens is 422 g/mol. The van der Waals surface area contributed by atoms with Gasteiger partial charge in [-0.25, -0.2) is 4.79 Å². The number of hydrogen-bond acceptors (Lipinski definition) is 5. The lowest BCUT2D eigenvalue weighted by Gasteiger charge is -2.37. The number of carboxylic acids is 1. The summed E-state index contributed by atoms with van der Waals surface area (Å²) in [4.78, 5) is 24.8. The second kappa shape index (κ2) is 10.4. The molecule has 7 nitrogen and oxygen atoms in total. The highest BCUT2D eigenvalue weighted by Gasteiger charge is 2.42. The van der Waals surface area contributed by atoms with Crippen molar-refractivity contribution >= 4 is 11.9 Å². The molecular formula is C26H31NO6. The highest BCUT2D eigenvalue weighted by molar-refractivity contribution is 5.89. The van der Waals surface area contributed by atoms with Gasteiger partial charge < -0.3 is 24.6 Å². The maximum absolute atomic E-state index is 13.6. The molecule has 0 radical (unpaired) electrons. The van der Waals surface area contributed by atoms with Crippen LogP contribution in [-0.2, 0) is 19.7 Å². The van der Waals surface area contributed by atoms with Crippen LogP contribution in [0.4, 0.5) is 0 Å². The Bertz CT molecular complexity index is 961. The van der Waals surface area contributed by atoms with Crippen LogP contribution in [0.15, 0.2) is 48.5 Å². The Morgan fingerprint density at radius 2 is 1.88 bits per heavy atom. The number of amides is 1. The van der Waals surface area contributed by atoms with Crippen molar-refractivity contribution < 1.29 is 28.9 Å². The van der Waals surface area contributed by atoms with Crippen LogP contribution in [0, 0.1) is 5.92 Å². The molecule has 2 aromatic rings. The van der Waals surface area contributed by atoms with Crippen LogP contribution < -0.4 is 10.1 Å². The number of aromatic carboxylic acids is 1. The molecule has 0 aromatic heterocycles. The minimum Gasteiger partial charge on any atom is -0.493 e. The Morgan fingerprint density at radius 3 is 2.55 bits per heavy atom. The van der Waals surface area contributed by atoms with Gasteiger partial charge in [-0.1, -0.05) is 24.3 Å². The van der Waals surface area contributed by atoms with E-state index in [0.717, 1.165) is 36.5 Å². The maximum Gasteiger partial charge on any atom is 0.335 e. The van der Waals surface area contributed by atoms with Crippen molar-refractivity contribution in [3.63, 3.8) is 0 Å². The second-order valence-electron chi connectivity index (χ2n) is 8.89. The molecule has 176 valence electrons. The van der Waals surface area contributed by atoms with E-state index in [1.165, 1.54) is 0 Å². The van der Waals surface area contributed by atoms with Gasteiger partial charge in [0.05, 0.1) is 30.2 Å². The van der Waals surface area contributed by atoms with E-state index >= 15 is 0 Å². The van der Waals surface area contributed by atoms with Crippen molar-refractivity contribution in [2.45, 2.75) is 37.6 Å². The third-order valence-corrected chi connectivity index (χ3v) is 6.68. The van der Waals surface area contributed by atoms with Gasteiger partial charge in [0, 0.05) is 25.7 Å². The first-order chi connectivity index (χ1) is 16.0. The van der Waals surface area contributed by atoms with Gasteiger partial charge in [0.1, 0.15) is 5.75 Å². The Morgan fingerprint density at radius 1 is 1.12 bits per heavy atom. The van der Waals surface area contributed by atoms with E-state index in [0.29, 0.717) is 38.6 Å². The largest absolute Gasteiger partial charge is 0.493 e. The van der Waals surface area contributed by atoms with Gasteiger partial charge in [-0.15, -0.1) is 0 Å². The number of carbonyl (C=O) groups excluding carboxylic acids is 1. The van der Waals surface area contributed by atoms with Crippen molar-refractivity contribution in [1.82, 2.24) is 5.32 Å². The summed E-state index contributed by atoms with van der Waals surface area (Å²) < 4.78 is 17.0. The molecule has 33 heavy (non-hydrogen) atoms. The first kappa shape index (κ1) is 23.3. The third-order valence-electron chi connectivity index (χ3n) is 6.68. The van der Waals surface area contributed by atoms with Crippen LogP contribution >= 0.6 is 0 Å². The smallest absolute Gasteiger partial charge is 0.335 e. The predicted octanol–water partition coefficient (Wildman–Crippen LogP) is 3.73. The molecule has 2 N–H and O–H groups in total. The van der Waals surface area contributed by atoms with Crippen LogP contribution in [0.1, 0.15) is 53.7 Å². The normalized spacial score (nSPS) is 20.7. The molecule has 4 rings (SSSR count). The standard InChI is InChI=1S/C26H31NO6/c1-18(20-5-7-21(8-6-20)24(28)29)27-25(30)26(10-13-31-14-11-26)22-3-2-4-23(15-22)33-17-19-9-12-32-16-19/h2-8,15,18-19H,9-14,16-17H2,1H3,(H,27,30)(H,28,29)/t18-,19+/m0/s1. The van der Waals surface area contributed by atoms with E-state index in [-0.39, 0.29) is 17.5 Å². The predicted molar refractivity (Wildman–Crippen MR) is 123 cm³/mol. The topological polar surface area (TPSA) is 94.1 Å². The number of benzene rings is 2. The van der Waals surface area contributed by atoms with E-state index < -0.39 is 11.4 Å². The van der Waals surface area contributed by atoms with Crippen LogP contribution in [0.3, 0.4) is 0 Å². The monoisotopic (exact) mass is 453 g/mol. The summed E-state index contributed by atoms with van der Waals surface area (Å²) in [5.41, 5.74) is 1.30. The summed E-state index contributed by atoms with van der Waals surface area (Å²) in [6.45, 7) is 5.06. The molecule has 2 saturated heterocycles. The molecule has 2 aliphatic rings. The van der Waals surface area contributed by atoms with Gasteiger partial charge in [-0.3, -0.25) is 4.79 Å². The van der Waals surface area contributed by atoms with Crippen molar-refractivity contribution in [2.75, 3.05) is 33.0 Å². The molecule has 0 saturated carbocycles. The Hall–Kier alpha value is -2.90. The van der Waals surface area contributed by atoms with Crippen LogP contribution in [-0.4, -0.2) is 50.0 Å². The maximum atomic E-state index is 13.6. The second-order valence-corrected chi connectivity index (χ2v) is 8.89. The molecule has 2 heterocycles. The summed E-state index contributed by atoms with van der Waals surface area (Å²) in [5.74, 6) is 0.140. The third kappa shape index (κ3) is 5.37. The first-order valence-electron chi connectivity index (χ1n) is 11.5. The zero-order valence-electron chi connectivity index (χ0n) is 18.9. The van der Waals surface area contributed by atoms with E-state index in [4.69, 9.17) is 19.3 Å². The fourth-order valence-electron chi connectivity index (χ4n) is 4.51. The van der Waals surface area contributed by atoms with Crippen molar-refractivity contribution in [2.24, 2.45) is 5.92 Å². The summed E-state index contributed by atoms with van der Waals surface area (Å²) in [6.07, 6.45) is 2.18. The minimum atomic E-state index is -0.970. The average molecular weight is 454 g/mol.